The maximum Gasteiger partial charge on any atom is 0.332 e. The minimum atomic E-state index is -0.895. The number of hydrogen-bond donors (Lipinski definition) is 0. The van der Waals surface area contributed by atoms with E-state index < -0.39 is 28.5 Å². The van der Waals surface area contributed by atoms with E-state index in [2.05, 4.69) is 0 Å². The molecule has 35 heavy (non-hydrogen) atoms. The van der Waals surface area contributed by atoms with Gasteiger partial charge in [0.2, 0.25) is 0 Å². The monoisotopic (exact) mass is 497 g/mol. The summed E-state index contributed by atoms with van der Waals surface area (Å²) in [6.45, 7) is 1.65. The predicted molar refractivity (Wildman–Crippen MR) is 133 cm³/mol. The maximum absolute atomic E-state index is 13.7. The fourth-order valence-electron chi connectivity index (χ4n) is 4.36. The van der Waals surface area contributed by atoms with Crippen molar-refractivity contribution >= 4 is 22.1 Å². The quantitative estimate of drug-likeness (QED) is 0.460. The van der Waals surface area contributed by atoms with Gasteiger partial charge in [0, 0.05) is 18.9 Å². The molecule has 1 aromatic heterocycles. The van der Waals surface area contributed by atoms with Crippen LogP contribution < -0.4 is 25.5 Å². The third-order valence-corrected chi connectivity index (χ3v) is 7.53. The van der Waals surface area contributed by atoms with E-state index in [0.29, 0.717) is 58.1 Å². The number of rotatable bonds is 7. The van der Waals surface area contributed by atoms with Gasteiger partial charge in [-0.2, -0.15) is 5.26 Å². The first kappa shape index (κ1) is 24.7. The lowest BCUT2D eigenvalue weighted by atomic mass is 10.1. The van der Waals surface area contributed by atoms with Crippen LogP contribution >= 0.6 is 0 Å². The van der Waals surface area contributed by atoms with E-state index >= 15 is 0 Å². The summed E-state index contributed by atoms with van der Waals surface area (Å²) in [6, 6.07) is 12.0. The third kappa shape index (κ3) is 5.01. The summed E-state index contributed by atoms with van der Waals surface area (Å²) in [4.78, 5) is 27.2. The summed E-state index contributed by atoms with van der Waals surface area (Å²) in [5.41, 5.74) is 0.320. The molecule has 0 bridgehead atoms. The molecule has 0 spiro atoms. The van der Waals surface area contributed by atoms with Gasteiger partial charge in [0.05, 0.1) is 31.7 Å². The Bertz CT molecular complexity index is 1380. The Morgan fingerprint density at radius 2 is 1.83 bits per heavy atom. The van der Waals surface area contributed by atoms with E-state index in [1.165, 1.54) is 18.8 Å². The van der Waals surface area contributed by atoms with Crippen LogP contribution in [0.25, 0.3) is 10.9 Å². The van der Waals surface area contributed by atoms with Crippen LogP contribution in [0.1, 0.15) is 31.4 Å². The summed E-state index contributed by atoms with van der Waals surface area (Å²) in [5, 5.41) is 9.41. The minimum Gasteiger partial charge on any atom is -0.616 e. The normalized spacial score (nSPS) is 18.6. The molecule has 0 radical (unpaired) electrons. The number of methoxy groups -OCH3 is 2. The molecule has 0 aliphatic carbocycles. The first-order valence-corrected chi connectivity index (χ1v) is 12.8. The Hall–Kier alpha value is -3.42. The van der Waals surface area contributed by atoms with Gasteiger partial charge in [-0.15, -0.1) is 0 Å². The first-order valence-electron chi connectivity index (χ1n) is 11.3. The SMILES string of the molecule is COc1ccc(Cn2c(=O)c3cc(OC(C)C#N)ccc3n(C3CC[S+]([O-])CC3)c2=O)cc1OC. The topological polar surface area (TPSA) is 119 Å². The zero-order valence-corrected chi connectivity index (χ0v) is 20.7. The third-order valence-electron chi connectivity index (χ3n) is 6.15. The van der Waals surface area contributed by atoms with Crippen LogP contribution in [-0.2, 0) is 17.7 Å². The lowest BCUT2D eigenvalue weighted by Gasteiger charge is -2.27. The van der Waals surface area contributed by atoms with Gasteiger partial charge in [0.15, 0.2) is 17.6 Å². The molecule has 0 amide bonds. The summed E-state index contributed by atoms with van der Waals surface area (Å²) in [7, 11) is 3.06. The molecule has 0 saturated carbocycles. The summed E-state index contributed by atoms with van der Waals surface area (Å²) in [5.74, 6) is 2.43. The molecule has 2 aromatic carbocycles. The molecule has 3 aromatic rings. The highest BCUT2D eigenvalue weighted by molar-refractivity contribution is 7.91. The summed E-state index contributed by atoms with van der Waals surface area (Å²) >= 11 is -0.895. The highest BCUT2D eigenvalue weighted by Gasteiger charge is 2.27. The van der Waals surface area contributed by atoms with Gasteiger partial charge in [-0.05, 0) is 42.8 Å². The van der Waals surface area contributed by atoms with Crippen molar-refractivity contribution < 1.29 is 18.8 Å². The van der Waals surface area contributed by atoms with Crippen molar-refractivity contribution in [2.24, 2.45) is 0 Å². The average molecular weight is 498 g/mol. The van der Waals surface area contributed by atoms with Crippen LogP contribution in [0.15, 0.2) is 46.0 Å². The van der Waals surface area contributed by atoms with E-state index in [0.717, 1.165) is 0 Å². The van der Waals surface area contributed by atoms with Crippen LogP contribution in [0.3, 0.4) is 0 Å². The Morgan fingerprint density at radius 3 is 2.49 bits per heavy atom. The number of fused-ring (bicyclic) bond motifs is 1. The molecule has 1 aliphatic heterocycles. The molecule has 10 heteroatoms. The van der Waals surface area contributed by atoms with Crippen LogP contribution in [0.2, 0.25) is 0 Å². The number of ether oxygens (including phenoxy) is 3. The standard InChI is InChI=1S/C25H27N3O6S/c1-16(14-26)34-19-5-6-21-20(13-19)24(29)27(15-17-4-7-22(32-2)23(12-17)33-3)25(30)28(21)18-8-10-35(31)11-9-18/h4-7,12-13,16,18H,8-11,15H2,1-3H3. The molecular weight excluding hydrogens is 470 g/mol. The highest BCUT2D eigenvalue weighted by atomic mass is 32.2. The number of benzene rings is 2. The number of nitrogens with zero attached hydrogens (tertiary/aromatic N) is 3. The summed E-state index contributed by atoms with van der Waals surface area (Å²) in [6.07, 6.45) is 0.473. The second-order valence-electron chi connectivity index (χ2n) is 8.38. The van der Waals surface area contributed by atoms with Crippen molar-refractivity contribution in [2.45, 2.75) is 38.5 Å². The highest BCUT2D eigenvalue weighted by Crippen LogP contribution is 2.29. The molecule has 2 heterocycles. The van der Waals surface area contributed by atoms with Gasteiger partial charge >= 0.3 is 5.69 Å². The minimum absolute atomic E-state index is 0.0340. The van der Waals surface area contributed by atoms with Gasteiger partial charge in [0.25, 0.3) is 5.56 Å². The van der Waals surface area contributed by atoms with E-state index in [-0.39, 0.29) is 12.6 Å². The van der Waals surface area contributed by atoms with Crippen molar-refractivity contribution in [1.82, 2.24) is 9.13 Å². The van der Waals surface area contributed by atoms with Crippen LogP contribution in [0, 0.1) is 11.3 Å². The molecule has 4 rings (SSSR count). The molecule has 9 nitrogen and oxygen atoms in total. The van der Waals surface area contributed by atoms with Gasteiger partial charge in [-0.25, -0.2) is 4.79 Å². The second-order valence-corrected chi connectivity index (χ2v) is 10.1. The van der Waals surface area contributed by atoms with Gasteiger partial charge in [0.1, 0.15) is 23.3 Å². The molecule has 1 fully saturated rings. The maximum atomic E-state index is 13.7. The van der Waals surface area contributed by atoms with E-state index in [9.17, 15) is 14.1 Å². The van der Waals surface area contributed by atoms with Gasteiger partial charge in [-0.3, -0.25) is 13.9 Å². The smallest absolute Gasteiger partial charge is 0.332 e. The first-order chi connectivity index (χ1) is 16.9. The van der Waals surface area contributed by atoms with Crippen molar-refractivity contribution in [3.05, 3.63) is 62.8 Å². The Balaban J connectivity index is 1.88. The van der Waals surface area contributed by atoms with Gasteiger partial charge < -0.3 is 18.8 Å². The largest absolute Gasteiger partial charge is 0.616 e. The lowest BCUT2D eigenvalue weighted by Crippen LogP contribution is -2.43. The number of aromatic nitrogens is 2. The average Bonchev–Trinajstić information content (AvgIpc) is 2.87. The van der Waals surface area contributed by atoms with Crippen molar-refractivity contribution in [3.63, 3.8) is 0 Å². The predicted octanol–water partition coefficient (Wildman–Crippen LogP) is 2.60. The van der Waals surface area contributed by atoms with E-state index in [4.69, 9.17) is 19.5 Å². The number of hydrogen-bond acceptors (Lipinski definition) is 7. The van der Waals surface area contributed by atoms with Crippen LogP contribution in [0.5, 0.6) is 17.2 Å². The zero-order chi connectivity index (χ0) is 25.1. The molecular formula is C25H27N3O6S. The number of nitriles is 1. The van der Waals surface area contributed by atoms with Crippen LogP contribution in [0.4, 0.5) is 0 Å². The second kappa shape index (κ2) is 10.5. The lowest BCUT2D eigenvalue weighted by molar-refractivity contribution is 0.277. The van der Waals surface area contributed by atoms with Crippen molar-refractivity contribution in [1.29, 1.82) is 5.26 Å². The fourth-order valence-corrected chi connectivity index (χ4v) is 5.63. The molecule has 1 atom stereocenters. The summed E-state index contributed by atoms with van der Waals surface area (Å²) < 4.78 is 31.0. The van der Waals surface area contributed by atoms with Crippen molar-refractivity contribution in [3.8, 4) is 23.3 Å². The Morgan fingerprint density at radius 1 is 1.11 bits per heavy atom. The molecule has 0 N–H and O–H groups in total. The zero-order valence-electron chi connectivity index (χ0n) is 19.9. The Kier molecular flexibility index (Phi) is 7.38. The molecule has 1 aliphatic rings. The molecule has 1 saturated heterocycles. The van der Waals surface area contributed by atoms with E-state index in [1.54, 1.807) is 47.9 Å². The molecule has 184 valence electrons. The molecule has 1 unspecified atom stereocenters. The van der Waals surface area contributed by atoms with Gasteiger partial charge in [-0.1, -0.05) is 17.2 Å². The van der Waals surface area contributed by atoms with E-state index in [1.807, 2.05) is 6.07 Å². The Labute approximate surface area is 205 Å². The fraction of sp³-hybridized carbons (Fsp3) is 0.400. The van der Waals surface area contributed by atoms with Crippen molar-refractivity contribution in [2.75, 3.05) is 25.7 Å². The van der Waals surface area contributed by atoms with Crippen LogP contribution in [-0.4, -0.2) is 45.5 Å².